The zero-order valence-corrected chi connectivity index (χ0v) is 15.2. The molecule has 1 aliphatic rings. The highest BCUT2D eigenvalue weighted by Crippen LogP contribution is 2.29. The van der Waals surface area contributed by atoms with E-state index in [0.717, 1.165) is 32.2 Å². The van der Waals surface area contributed by atoms with Crippen molar-refractivity contribution >= 4 is 17.2 Å². The fraction of sp³-hybridized carbons (Fsp3) is 0.556. The zero-order chi connectivity index (χ0) is 16.9. The van der Waals surface area contributed by atoms with Crippen molar-refractivity contribution in [2.24, 2.45) is 0 Å². The third-order valence-corrected chi connectivity index (χ3v) is 5.59. The molecule has 0 fully saturated rings. The number of carbonyl (C=O) groups is 1. The average molecular weight is 347 g/mol. The fourth-order valence-corrected chi connectivity index (χ4v) is 4.07. The summed E-state index contributed by atoms with van der Waals surface area (Å²) in [6, 6.07) is 4.18. The summed E-state index contributed by atoms with van der Waals surface area (Å²) in [6.07, 6.45) is 6.16. The molecule has 2 unspecified atom stereocenters. The number of aryl methyl sites for hydroxylation is 1. The van der Waals surface area contributed by atoms with Gasteiger partial charge in [-0.25, -0.2) is 0 Å². The summed E-state index contributed by atoms with van der Waals surface area (Å²) >= 11 is 1.73. The lowest BCUT2D eigenvalue weighted by Crippen LogP contribution is -2.44. The fourth-order valence-electron chi connectivity index (χ4n) is 3.36. The summed E-state index contributed by atoms with van der Waals surface area (Å²) in [7, 11) is 0. The van der Waals surface area contributed by atoms with E-state index < -0.39 is 0 Å². The number of carbonyl (C=O) groups excluding carboxylic acids is 1. The normalized spacial score (nSPS) is 18.2. The molecule has 6 heteroatoms. The number of aromatic nitrogens is 2. The van der Waals surface area contributed by atoms with Crippen molar-refractivity contribution in [1.29, 1.82) is 0 Å². The van der Waals surface area contributed by atoms with Crippen molar-refractivity contribution in [3.63, 3.8) is 0 Å². The van der Waals surface area contributed by atoms with E-state index in [1.807, 2.05) is 19.2 Å². The second-order valence-electron chi connectivity index (χ2n) is 6.32. The van der Waals surface area contributed by atoms with Crippen molar-refractivity contribution in [2.45, 2.75) is 58.2 Å². The highest BCUT2D eigenvalue weighted by Gasteiger charge is 2.26. The number of thiophene rings is 1. The summed E-state index contributed by atoms with van der Waals surface area (Å²) in [5.74, 6) is 0.0709. The summed E-state index contributed by atoms with van der Waals surface area (Å²) < 4.78 is 2.08. The minimum absolute atomic E-state index is 0.0709. The Hall–Kier alpha value is -1.66. The molecule has 2 atom stereocenters. The van der Waals surface area contributed by atoms with Crippen LogP contribution in [0.2, 0.25) is 0 Å². The number of hydrogen-bond donors (Lipinski definition) is 2. The SMILES string of the molecule is CCn1ncc2c1CCCC2NC(C)C(=O)NCCc1cccs1. The van der Waals surface area contributed by atoms with Crippen molar-refractivity contribution in [1.82, 2.24) is 20.4 Å². The van der Waals surface area contributed by atoms with Crippen LogP contribution in [0, 0.1) is 0 Å². The molecule has 0 saturated carbocycles. The van der Waals surface area contributed by atoms with E-state index in [0.29, 0.717) is 6.54 Å². The molecule has 1 amide bonds. The Labute approximate surface area is 147 Å². The third kappa shape index (κ3) is 3.87. The lowest BCUT2D eigenvalue weighted by atomic mass is 9.92. The van der Waals surface area contributed by atoms with Crippen LogP contribution in [0.1, 0.15) is 48.9 Å². The van der Waals surface area contributed by atoms with Gasteiger partial charge in [-0.15, -0.1) is 11.3 Å². The van der Waals surface area contributed by atoms with Crippen LogP contribution in [0.3, 0.4) is 0 Å². The number of fused-ring (bicyclic) bond motifs is 1. The Kier molecular flexibility index (Phi) is 5.68. The largest absolute Gasteiger partial charge is 0.354 e. The zero-order valence-electron chi connectivity index (χ0n) is 14.4. The van der Waals surface area contributed by atoms with Gasteiger partial charge in [0.05, 0.1) is 12.2 Å². The van der Waals surface area contributed by atoms with Gasteiger partial charge in [0.15, 0.2) is 0 Å². The van der Waals surface area contributed by atoms with Gasteiger partial charge in [-0.3, -0.25) is 14.8 Å². The number of rotatable bonds is 7. The van der Waals surface area contributed by atoms with Crippen molar-refractivity contribution < 1.29 is 4.79 Å². The second kappa shape index (κ2) is 7.94. The lowest BCUT2D eigenvalue weighted by molar-refractivity contribution is -0.122. The number of nitrogens with zero attached hydrogens (tertiary/aromatic N) is 2. The first-order chi connectivity index (χ1) is 11.7. The van der Waals surface area contributed by atoms with Gasteiger partial charge in [0.2, 0.25) is 5.91 Å². The van der Waals surface area contributed by atoms with E-state index in [1.165, 1.54) is 16.1 Å². The van der Waals surface area contributed by atoms with Gasteiger partial charge in [-0.2, -0.15) is 5.10 Å². The van der Waals surface area contributed by atoms with Crippen LogP contribution < -0.4 is 10.6 Å². The first-order valence-corrected chi connectivity index (χ1v) is 9.67. The van der Waals surface area contributed by atoms with Gasteiger partial charge in [0.1, 0.15) is 0 Å². The van der Waals surface area contributed by atoms with Crippen molar-refractivity contribution in [3.8, 4) is 0 Å². The maximum absolute atomic E-state index is 12.3. The Bertz CT molecular complexity index is 665. The van der Waals surface area contributed by atoms with Gasteiger partial charge in [0.25, 0.3) is 0 Å². The molecule has 0 spiro atoms. The van der Waals surface area contributed by atoms with Crippen molar-refractivity contribution in [3.05, 3.63) is 39.8 Å². The van der Waals surface area contributed by atoms with Crippen LogP contribution in [-0.2, 0) is 24.2 Å². The molecule has 2 heterocycles. The topological polar surface area (TPSA) is 59.0 Å². The second-order valence-corrected chi connectivity index (χ2v) is 7.35. The van der Waals surface area contributed by atoms with Crippen LogP contribution in [0.4, 0.5) is 0 Å². The van der Waals surface area contributed by atoms with E-state index >= 15 is 0 Å². The van der Waals surface area contributed by atoms with E-state index in [1.54, 1.807) is 11.3 Å². The molecule has 24 heavy (non-hydrogen) atoms. The maximum atomic E-state index is 12.3. The van der Waals surface area contributed by atoms with E-state index in [-0.39, 0.29) is 18.0 Å². The molecule has 3 rings (SSSR count). The molecule has 0 bridgehead atoms. The summed E-state index contributed by atoms with van der Waals surface area (Å²) in [4.78, 5) is 13.6. The van der Waals surface area contributed by atoms with Crippen LogP contribution in [0.25, 0.3) is 0 Å². The summed E-state index contributed by atoms with van der Waals surface area (Å²) in [5.41, 5.74) is 2.59. The molecule has 0 aliphatic heterocycles. The van der Waals surface area contributed by atoms with Crippen LogP contribution in [0.5, 0.6) is 0 Å². The van der Waals surface area contributed by atoms with Gasteiger partial charge >= 0.3 is 0 Å². The van der Waals surface area contributed by atoms with Gasteiger partial charge < -0.3 is 5.32 Å². The Balaban J connectivity index is 1.52. The minimum Gasteiger partial charge on any atom is -0.354 e. The maximum Gasteiger partial charge on any atom is 0.236 e. The Morgan fingerprint density at radius 2 is 2.42 bits per heavy atom. The minimum atomic E-state index is -0.200. The predicted octanol–water partition coefficient (Wildman–Crippen LogP) is 2.68. The standard InChI is InChI=1S/C18H26N4OS/c1-3-22-17-8-4-7-16(15(17)12-20-22)21-13(2)18(23)19-10-9-14-6-5-11-24-14/h5-6,11-13,16,21H,3-4,7-10H2,1-2H3,(H,19,23). The highest BCUT2D eigenvalue weighted by atomic mass is 32.1. The van der Waals surface area contributed by atoms with Crippen LogP contribution in [-0.4, -0.2) is 28.3 Å². The van der Waals surface area contributed by atoms with Crippen molar-refractivity contribution in [2.75, 3.05) is 6.54 Å². The lowest BCUT2D eigenvalue weighted by Gasteiger charge is -2.27. The van der Waals surface area contributed by atoms with E-state index in [2.05, 4.69) is 38.8 Å². The highest BCUT2D eigenvalue weighted by molar-refractivity contribution is 7.09. The molecule has 130 valence electrons. The monoisotopic (exact) mass is 346 g/mol. The first kappa shape index (κ1) is 17.2. The van der Waals surface area contributed by atoms with Gasteiger partial charge in [-0.05, 0) is 51.0 Å². The van der Waals surface area contributed by atoms with Crippen LogP contribution in [0.15, 0.2) is 23.7 Å². The molecule has 0 radical (unpaired) electrons. The molecule has 1 aliphatic carbocycles. The molecule has 5 nitrogen and oxygen atoms in total. The molecule has 0 aromatic carbocycles. The summed E-state index contributed by atoms with van der Waals surface area (Å²) in [5, 5.41) is 13.1. The molecule has 2 aromatic rings. The smallest absolute Gasteiger partial charge is 0.236 e. The molecular formula is C18H26N4OS. The predicted molar refractivity (Wildman–Crippen MR) is 97.2 cm³/mol. The molecule has 0 saturated heterocycles. The number of nitrogens with one attached hydrogen (secondary N) is 2. The Morgan fingerprint density at radius 3 is 3.17 bits per heavy atom. The molecule has 2 N–H and O–H groups in total. The van der Waals surface area contributed by atoms with Gasteiger partial charge in [-0.1, -0.05) is 6.07 Å². The molecule has 2 aromatic heterocycles. The number of amides is 1. The van der Waals surface area contributed by atoms with E-state index in [9.17, 15) is 4.79 Å². The Morgan fingerprint density at radius 1 is 1.54 bits per heavy atom. The quantitative estimate of drug-likeness (QED) is 0.810. The first-order valence-electron chi connectivity index (χ1n) is 8.79. The summed E-state index contributed by atoms with van der Waals surface area (Å²) in [6.45, 7) is 5.66. The third-order valence-electron chi connectivity index (χ3n) is 4.66. The number of hydrogen-bond acceptors (Lipinski definition) is 4. The van der Waals surface area contributed by atoms with Gasteiger partial charge in [0, 0.05) is 35.3 Å². The van der Waals surface area contributed by atoms with E-state index in [4.69, 9.17) is 0 Å². The van der Waals surface area contributed by atoms with Crippen LogP contribution >= 0.6 is 11.3 Å². The molecular weight excluding hydrogens is 320 g/mol. The average Bonchev–Trinajstić information content (AvgIpc) is 3.24.